The molecule has 16 heavy (non-hydrogen) atoms. The molecule has 0 fully saturated rings. The standard InChI is InChI=1S/C10H8ClF3O2/c1-6(9(11)15)16-8-4-2-7(3-5-8)10(12,13)14/h2-6H,1H3. The number of ether oxygens (including phenoxy) is 1. The van der Waals surface area contributed by atoms with Crippen LogP contribution >= 0.6 is 11.6 Å². The molecule has 0 aliphatic rings. The Labute approximate surface area is 95.0 Å². The highest BCUT2D eigenvalue weighted by atomic mass is 35.5. The van der Waals surface area contributed by atoms with E-state index in [0.29, 0.717) is 0 Å². The average molecular weight is 253 g/mol. The second-order valence-electron chi connectivity index (χ2n) is 3.09. The fraction of sp³-hybridized carbons (Fsp3) is 0.300. The Hall–Kier alpha value is -1.23. The van der Waals surface area contributed by atoms with Crippen molar-refractivity contribution in [3.63, 3.8) is 0 Å². The summed E-state index contributed by atoms with van der Waals surface area (Å²) in [5, 5.41) is -0.708. The minimum Gasteiger partial charge on any atom is -0.482 e. The SMILES string of the molecule is CC(Oc1ccc(C(F)(F)F)cc1)C(=O)Cl. The van der Waals surface area contributed by atoms with Gasteiger partial charge in [-0.2, -0.15) is 13.2 Å². The van der Waals surface area contributed by atoms with Crippen molar-refractivity contribution in [2.45, 2.75) is 19.2 Å². The maximum atomic E-state index is 12.2. The normalized spacial score (nSPS) is 13.3. The predicted molar refractivity (Wildman–Crippen MR) is 52.4 cm³/mol. The summed E-state index contributed by atoms with van der Waals surface area (Å²) in [6.45, 7) is 1.41. The molecule has 0 heterocycles. The van der Waals surface area contributed by atoms with Gasteiger partial charge in [-0.1, -0.05) is 0 Å². The largest absolute Gasteiger partial charge is 0.482 e. The number of halogens is 4. The van der Waals surface area contributed by atoms with Crippen LogP contribution in [0.2, 0.25) is 0 Å². The third kappa shape index (κ3) is 3.41. The zero-order chi connectivity index (χ0) is 12.3. The first-order chi connectivity index (χ1) is 7.30. The minimum atomic E-state index is -4.38. The molecule has 88 valence electrons. The number of benzene rings is 1. The molecule has 6 heteroatoms. The van der Waals surface area contributed by atoms with Gasteiger partial charge < -0.3 is 4.74 Å². The van der Waals surface area contributed by atoms with Crippen LogP contribution in [-0.4, -0.2) is 11.3 Å². The fourth-order valence-electron chi connectivity index (χ4n) is 0.973. The summed E-state index contributed by atoms with van der Waals surface area (Å²) >= 11 is 5.14. The Morgan fingerprint density at radius 2 is 1.81 bits per heavy atom. The van der Waals surface area contributed by atoms with Crippen molar-refractivity contribution in [3.8, 4) is 5.75 Å². The van der Waals surface area contributed by atoms with Gasteiger partial charge >= 0.3 is 6.18 Å². The smallest absolute Gasteiger partial charge is 0.416 e. The maximum Gasteiger partial charge on any atom is 0.416 e. The lowest BCUT2D eigenvalue weighted by Gasteiger charge is -2.11. The highest BCUT2D eigenvalue weighted by Gasteiger charge is 2.30. The summed E-state index contributed by atoms with van der Waals surface area (Å²) in [6.07, 6.45) is -5.27. The number of alkyl halides is 3. The summed E-state index contributed by atoms with van der Waals surface area (Å²) in [5.41, 5.74) is -0.773. The second kappa shape index (κ2) is 4.74. The Morgan fingerprint density at radius 1 is 1.31 bits per heavy atom. The van der Waals surface area contributed by atoms with Gasteiger partial charge in [-0.25, -0.2) is 0 Å². The predicted octanol–water partition coefficient (Wildman–Crippen LogP) is 3.24. The summed E-state index contributed by atoms with van der Waals surface area (Å²) in [4.78, 5) is 10.6. The Balaban J connectivity index is 2.76. The Kier molecular flexibility index (Phi) is 3.80. The highest BCUT2D eigenvalue weighted by Crippen LogP contribution is 2.30. The van der Waals surface area contributed by atoms with Crippen LogP contribution in [0.25, 0.3) is 0 Å². The van der Waals surface area contributed by atoms with Crippen molar-refractivity contribution in [2.75, 3.05) is 0 Å². The van der Waals surface area contributed by atoms with Crippen LogP contribution in [0, 0.1) is 0 Å². The second-order valence-corrected chi connectivity index (χ2v) is 3.46. The van der Waals surface area contributed by atoms with E-state index < -0.39 is 23.1 Å². The van der Waals surface area contributed by atoms with E-state index in [1.165, 1.54) is 6.92 Å². The molecule has 0 amide bonds. The molecule has 0 radical (unpaired) electrons. The molecule has 1 aromatic rings. The van der Waals surface area contributed by atoms with Crippen LogP contribution in [0.15, 0.2) is 24.3 Å². The number of carbonyl (C=O) groups is 1. The summed E-state index contributed by atoms with van der Waals surface area (Å²) in [6, 6.07) is 4.03. The molecule has 0 saturated heterocycles. The first-order valence-electron chi connectivity index (χ1n) is 4.34. The quantitative estimate of drug-likeness (QED) is 0.772. The van der Waals surface area contributed by atoms with Gasteiger partial charge in [-0.15, -0.1) is 0 Å². The first-order valence-corrected chi connectivity index (χ1v) is 4.72. The molecule has 1 aromatic carbocycles. The maximum absolute atomic E-state index is 12.2. The molecule has 1 atom stereocenters. The number of hydrogen-bond donors (Lipinski definition) is 0. The van der Waals surface area contributed by atoms with Crippen LogP contribution in [0.5, 0.6) is 5.75 Å². The van der Waals surface area contributed by atoms with Crippen LogP contribution < -0.4 is 4.74 Å². The van der Waals surface area contributed by atoms with E-state index >= 15 is 0 Å². The Morgan fingerprint density at radius 3 is 2.19 bits per heavy atom. The molecule has 0 aromatic heterocycles. The van der Waals surface area contributed by atoms with E-state index in [1.54, 1.807) is 0 Å². The molecular weight excluding hydrogens is 245 g/mol. The molecule has 0 N–H and O–H groups in total. The van der Waals surface area contributed by atoms with E-state index in [9.17, 15) is 18.0 Å². The molecule has 1 rings (SSSR count). The molecule has 0 saturated carbocycles. The topological polar surface area (TPSA) is 26.3 Å². The van der Waals surface area contributed by atoms with Crippen molar-refractivity contribution in [1.29, 1.82) is 0 Å². The molecule has 0 spiro atoms. The molecule has 0 aliphatic carbocycles. The van der Waals surface area contributed by atoms with Crippen molar-refractivity contribution in [2.24, 2.45) is 0 Å². The third-order valence-electron chi connectivity index (χ3n) is 1.81. The van der Waals surface area contributed by atoms with E-state index in [4.69, 9.17) is 16.3 Å². The molecular formula is C10H8ClF3O2. The molecule has 2 nitrogen and oxygen atoms in total. The van der Waals surface area contributed by atoms with E-state index in [2.05, 4.69) is 0 Å². The van der Waals surface area contributed by atoms with Crippen LogP contribution in [0.3, 0.4) is 0 Å². The average Bonchev–Trinajstić information content (AvgIpc) is 2.17. The van der Waals surface area contributed by atoms with Crippen molar-refractivity contribution < 1.29 is 22.7 Å². The van der Waals surface area contributed by atoms with Gasteiger partial charge in [0.2, 0.25) is 0 Å². The summed E-state index contributed by atoms with van der Waals surface area (Å²) in [5.74, 6) is 0.162. The van der Waals surface area contributed by atoms with Gasteiger partial charge in [0.25, 0.3) is 5.24 Å². The van der Waals surface area contributed by atoms with Crippen LogP contribution in [0.4, 0.5) is 13.2 Å². The van der Waals surface area contributed by atoms with Gasteiger partial charge in [0.15, 0.2) is 6.10 Å². The first kappa shape index (κ1) is 12.8. The lowest BCUT2D eigenvalue weighted by Crippen LogP contribution is -2.18. The van der Waals surface area contributed by atoms with E-state index in [0.717, 1.165) is 24.3 Å². The van der Waals surface area contributed by atoms with Gasteiger partial charge in [0.1, 0.15) is 5.75 Å². The minimum absolute atomic E-state index is 0.162. The van der Waals surface area contributed by atoms with E-state index in [-0.39, 0.29) is 5.75 Å². The zero-order valence-corrected chi connectivity index (χ0v) is 8.97. The zero-order valence-electron chi connectivity index (χ0n) is 8.22. The highest BCUT2D eigenvalue weighted by molar-refractivity contribution is 6.64. The van der Waals surface area contributed by atoms with Crippen LogP contribution in [-0.2, 0) is 11.0 Å². The van der Waals surface area contributed by atoms with Crippen LogP contribution in [0.1, 0.15) is 12.5 Å². The lowest BCUT2D eigenvalue weighted by atomic mass is 10.2. The molecule has 1 unspecified atom stereocenters. The molecule has 0 bridgehead atoms. The van der Waals surface area contributed by atoms with Gasteiger partial charge in [-0.3, -0.25) is 4.79 Å². The fourth-order valence-corrected chi connectivity index (χ4v) is 1.02. The van der Waals surface area contributed by atoms with Gasteiger partial charge in [0.05, 0.1) is 5.56 Å². The van der Waals surface area contributed by atoms with Crippen molar-refractivity contribution in [3.05, 3.63) is 29.8 Å². The van der Waals surface area contributed by atoms with E-state index in [1.807, 2.05) is 0 Å². The van der Waals surface area contributed by atoms with Crippen molar-refractivity contribution >= 4 is 16.8 Å². The lowest BCUT2D eigenvalue weighted by molar-refractivity contribution is -0.137. The molecule has 0 aliphatic heterocycles. The third-order valence-corrected chi connectivity index (χ3v) is 2.12. The monoisotopic (exact) mass is 252 g/mol. The number of hydrogen-bond acceptors (Lipinski definition) is 2. The van der Waals surface area contributed by atoms with Crippen molar-refractivity contribution in [1.82, 2.24) is 0 Å². The summed E-state index contributed by atoms with van der Waals surface area (Å²) < 4.78 is 41.6. The van der Waals surface area contributed by atoms with Gasteiger partial charge in [0, 0.05) is 0 Å². The van der Waals surface area contributed by atoms with Gasteiger partial charge in [-0.05, 0) is 42.8 Å². The number of rotatable bonds is 3. The Bertz CT molecular complexity index is 373. The number of carbonyl (C=O) groups excluding carboxylic acids is 1. The summed E-state index contributed by atoms with van der Waals surface area (Å²) in [7, 11) is 0.